The van der Waals surface area contributed by atoms with Crippen molar-refractivity contribution in [3.05, 3.63) is 28.2 Å². The number of hydrogen-bond donors (Lipinski definition) is 2. The first-order valence-corrected chi connectivity index (χ1v) is 9.49. The van der Waals surface area contributed by atoms with Crippen LogP contribution in [-0.2, 0) is 14.6 Å². The van der Waals surface area contributed by atoms with Crippen molar-refractivity contribution < 1.29 is 18.3 Å². The number of rotatable bonds is 4. The Balaban J connectivity index is 2.13. The van der Waals surface area contributed by atoms with Crippen molar-refractivity contribution in [1.29, 1.82) is 0 Å². The van der Waals surface area contributed by atoms with Crippen molar-refractivity contribution in [1.82, 2.24) is 5.43 Å². The molecule has 120 valence electrons. The Morgan fingerprint density at radius 2 is 2.23 bits per heavy atom. The molecule has 8 heteroatoms. The van der Waals surface area contributed by atoms with Gasteiger partial charge >= 0.3 is 0 Å². The summed E-state index contributed by atoms with van der Waals surface area (Å²) in [5.41, 5.74) is 3.46. The van der Waals surface area contributed by atoms with Gasteiger partial charge in [-0.1, -0.05) is 22.9 Å². The summed E-state index contributed by atoms with van der Waals surface area (Å²) in [7, 11) is -3.10. The number of halogens is 1. The second-order valence-electron chi connectivity index (χ2n) is 5.15. The Bertz CT molecular complexity index is 716. The number of nitrogens with zero attached hydrogens (tertiary/aromatic N) is 1. The number of aromatic hydroxyl groups is 1. The summed E-state index contributed by atoms with van der Waals surface area (Å²) in [6.07, 6.45) is 0.834. The summed E-state index contributed by atoms with van der Waals surface area (Å²) in [5.74, 6) is -0.967. The first-order chi connectivity index (χ1) is 10.3. The van der Waals surface area contributed by atoms with Crippen molar-refractivity contribution in [3.8, 4) is 5.75 Å². The molecule has 6 nitrogen and oxygen atoms in total. The zero-order valence-electron chi connectivity index (χ0n) is 12.0. The molecular weight excluding hydrogens is 372 g/mol. The van der Waals surface area contributed by atoms with Crippen LogP contribution in [0.4, 0.5) is 0 Å². The molecule has 0 saturated carbocycles. The fourth-order valence-electron chi connectivity index (χ4n) is 2.28. The molecule has 0 bridgehead atoms. The van der Waals surface area contributed by atoms with Crippen LogP contribution in [0.2, 0.25) is 0 Å². The summed E-state index contributed by atoms with van der Waals surface area (Å²) in [6, 6.07) is 4.95. The van der Waals surface area contributed by atoms with Crippen molar-refractivity contribution in [3.63, 3.8) is 0 Å². The molecule has 0 radical (unpaired) electrons. The summed E-state index contributed by atoms with van der Waals surface area (Å²) in [5, 5.41) is 13.9. The van der Waals surface area contributed by atoms with E-state index in [1.165, 1.54) is 6.07 Å². The fourth-order valence-corrected chi connectivity index (χ4v) is 4.39. The average Bonchev–Trinajstić information content (AvgIpc) is 2.83. The van der Waals surface area contributed by atoms with Gasteiger partial charge in [0.05, 0.1) is 23.1 Å². The Hall–Kier alpha value is -1.41. The lowest BCUT2D eigenvalue weighted by Gasteiger charge is -2.09. The van der Waals surface area contributed by atoms with Gasteiger partial charge in [-0.25, -0.2) is 13.8 Å². The molecule has 1 aliphatic rings. The minimum atomic E-state index is -3.10. The third-order valence-corrected chi connectivity index (χ3v) is 5.77. The second-order valence-corrected chi connectivity index (χ2v) is 8.29. The predicted molar refractivity (Wildman–Crippen MR) is 87.5 cm³/mol. The highest BCUT2D eigenvalue weighted by molar-refractivity contribution is 9.10. The van der Waals surface area contributed by atoms with Crippen LogP contribution in [0.15, 0.2) is 27.8 Å². The maximum absolute atomic E-state index is 12.0. The zero-order valence-corrected chi connectivity index (χ0v) is 14.4. The van der Waals surface area contributed by atoms with Gasteiger partial charge in [-0.3, -0.25) is 4.79 Å². The highest BCUT2D eigenvalue weighted by Gasteiger charge is 2.32. The van der Waals surface area contributed by atoms with E-state index in [1.54, 1.807) is 12.1 Å². The van der Waals surface area contributed by atoms with Crippen LogP contribution in [0, 0.1) is 5.92 Å². The number of phenols is 1. The van der Waals surface area contributed by atoms with E-state index >= 15 is 0 Å². The van der Waals surface area contributed by atoms with Crippen molar-refractivity contribution in [2.45, 2.75) is 19.8 Å². The number of amides is 1. The summed E-state index contributed by atoms with van der Waals surface area (Å²) >= 11 is 3.32. The second kappa shape index (κ2) is 6.78. The summed E-state index contributed by atoms with van der Waals surface area (Å²) in [4.78, 5) is 12.0. The lowest BCUT2D eigenvalue weighted by molar-refractivity contribution is -0.124. The third kappa shape index (κ3) is 4.07. The Kier molecular flexibility index (Phi) is 5.23. The molecule has 1 amide bonds. The molecule has 1 fully saturated rings. The van der Waals surface area contributed by atoms with Crippen LogP contribution in [0.3, 0.4) is 0 Å². The maximum atomic E-state index is 12.0. The molecule has 22 heavy (non-hydrogen) atoms. The first-order valence-electron chi connectivity index (χ1n) is 6.88. The molecule has 2 rings (SSSR count). The average molecular weight is 389 g/mol. The van der Waals surface area contributed by atoms with Gasteiger partial charge in [-0.2, -0.15) is 5.10 Å². The molecule has 1 aromatic rings. The fraction of sp³-hybridized carbons (Fsp3) is 0.429. The molecule has 0 aromatic heterocycles. The molecule has 0 spiro atoms. The lowest BCUT2D eigenvalue weighted by Crippen LogP contribution is -2.28. The van der Waals surface area contributed by atoms with Crippen molar-refractivity contribution in [2.75, 3.05) is 11.5 Å². The molecule has 1 aliphatic heterocycles. The standard InChI is InChI=1S/C14H17BrN2O4S/c1-2-12(11-7-10(15)3-4-13(11)18)16-17-14(19)9-5-6-22(20,21)8-9/h3-4,7,9,18H,2,5-6,8H2,1H3,(H,17,19)/b16-12+/t9-/m0/s1. The summed E-state index contributed by atoms with van der Waals surface area (Å²) in [6.45, 7) is 1.85. The maximum Gasteiger partial charge on any atom is 0.244 e. The van der Waals surface area contributed by atoms with Gasteiger partial charge in [0.25, 0.3) is 0 Å². The number of hydrazone groups is 1. The van der Waals surface area contributed by atoms with Crippen molar-refractivity contribution in [2.24, 2.45) is 11.0 Å². The smallest absolute Gasteiger partial charge is 0.244 e. The highest BCUT2D eigenvalue weighted by Crippen LogP contribution is 2.23. The van der Waals surface area contributed by atoms with E-state index in [9.17, 15) is 18.3 Å². The van der Waals surface area contributed by atoms with Crippen LogP contribution in [0.5, 0.6) is 5.75 Å². The third-order valence-electron chi connectivity index (χ3n) is 3.51. The van der Waals surface area contributed by atoms with Gasteiger partial charge in [0.15, 0.2) is 9.84 Å². The molecule has 1 atom stereocenters. The van der Waals surface area contributed by atoms with Gasteiger partial charge in [0.2, 0.25) is 5.91 Å². The number of carbonyl (C=O) groups is 1. The SMILES string of the molecule is CC/C(=N\NC(=O)[C@H]1CCS(=O)(=O)C1)c1cc(Br)ccc1O. The van der Waals surface area contributed by atoms with Gasteiger partial charge in [-0.15, -0.1) is 0 Å². The number of phenolic OH excluding ortho intramolecular Hbond substituents is 1. The van der Waals surface area contributed by atoms with Gasteiger partial charge < -0.3 is 5.11 Å². The van der Waals surface area contributed by atoms with Crippen LogP contribution >= 0.6 is 15.9 Å². The topological polar surface area (TPSA) is 95.8 Å². The normalized spacial score (nSPS) is 20.8. The van der Waals surface area contributed by atoms with E-state index < -0.39 is 21.7 Å². The molecule has 2 N–H and O–H groups in total. The number of sulfone groups is 1. The van der Waals surface area contributed by atoms with Crippen molar-refractivity contribution >= 4 is 37.4 Å². The van der Waals surface area contributed by atoms with Crippen LogP contribution in [0.1, 0.15) is 25.3 Å². The van der Waals surface area contributed by atoms with E-state index in [-0.39, 0.29) is 17.3 Å². The van der Waals surface area contributed by atoms with E-state index in [0.29, 0.717) is 24.1 Å². The van der Waals surface area contributed by atoms with E-state index in [2.05, 4.69) is 26.5 Å². The Morgan fingerprint density at radius 3 is 2.82 bits per heavy atom. The van der Waals surface area contributed by atoms with Gasteiger partial charge in [-0.05, 0) is 31.0 Å². The molecule has 1 aromatic carbocycles. The number of hydrogen-bond acceptors (Lipinski definition) is 5. The van der Waals surface area contributed by atoms with E-state index in [0.717, 1.165) is 4.47 Å². The summed E-state index contributed by atoms with van der Waals surface area (Å²) < 4.78 is 23.6. The minimum Gasteiger partial charge on any atom is -0.507 e. The van der Waals surface area contributed by atoms with E-state index in [4.69, 9.17) is 0 Å². The Morgan fingerprint density at radius 1 is 1.50 bits per heavy atom. The molecule has 0 unspecified atom stereocenters. The zero-order chi connectivity index (χ0) is 16.3. The molecule has 1 heterocycles. The lowest BCUT2D eigenvalue weighted by atomic mass is 10.1. The van der Waals surface area contributed by atoms with Crippen LogP contribution in [0.25, 0.3) is 0 Å². The van der Waals surface area contributed by atoms with Gasteiger partial charge in [0, 0.05) is 10.0 Å². The number of nitrogens with one attached hydrogen (secondary N) is 1. The molecular formula is C14H17BrN2O4S. The molecule has 1 saturated heterocycles. The molecule has 0 aliphatic carbocycles. The quantitative estimate of drug-likeness (QED) is 0.607. The largest absolute Gasteiger partial charge is 0.507 e. The Labute approximate surface area is 137 Å². The first kappa shape index (κ1) is 17.0. The van der Waals surface area contributed by atoms with Gasteiger partial charge in [0.1, 0.15) is 5.75 Å². The van der Waals surface area contributed by atoms with Crippen LogP contribution in [-0.4, -0.2) is 36.6 Å². The highest BCUT2D eigenvalue weighted by atomic mass is 79.9. The monoisotopic (exact) mass is 388 g/mol. The number of carbonyl (C=O) groups excluding carboxylic acids is 1. The predicted octanol–water partition coefficient (Wildman–Crippen LogP) is 1.82. The minimum absolute atomic E-state index is 0.0435. The van der Waals surface area contributed by atoms with E-state index in [1.807, 2.05) is 6.92 Å². The number of benzene rings is 1. The van der Waals surface area contributed by atoms with Crippen LogP contribution < -0.4 is 5.43 Å².